The fraction of sp³-hybridized carbons (Fsp3) is 0.300. The molecule has 26 heavy (non-hydrogen) atoms. The van der Waals surface area contributed by atoms with Gasteiger partial charge in [0.2, 0.25) is 5.91 Å². The highest BCUT2D eigenvalue weighted by atomic mass is 19.1. The van der Waals surface area contributed by atoms with Crippen molar-refractivity contribution in [2.75, 3.05) is 0 Å². The van der Waals surface area contributed by atoms with Crippen molar-refractivity contribution in [2.45, 2.75) is 38.9 Å². The van der Waals surface area contributed by atoms with Crippen molar-refractivity contribution >= 4 is 11.8 Å². The Balaban J connectivity index is 2.06. The first-order valence-electron chi connectivity index (χ1n) is 8.33. The van der Waals surface area contributed by atoms with E-state index in [0.29, 0.717) is 5.56 Å². The number of hydrogen-bond acceptors (Lipinski definition) is 2. The Morgan fingerprint density at radius 1 is 1.15 bits per heavy atom. The zero-order valence-corrected chi connectivity index (χ0v) is 14.8. The minimum atomic E-state index is -1.26. The van der Waals surface area contributed by atoms with Gasteiger partial charge in [0.15, 0.2) is 0 Å². The summed E-state index contributed by atoms with van der Waals surface area (Å²) in [5, 5.41) is 2.77. The van der Waals surface area contributed by atoms with Gasteiger partial charge >= 0.3 is 0 Å². The lowest BCUT2D eigenvalue weighted by Gasteiger charge is -2.31. The Morgan fingerprint density at radius 3 is 2.50 bits per heavy atom. The third-order valence-corrected chi connectivity index (χ3v) is 4.16. The number of carbonyl (C=O) groups is 2. The Kier molecular flexibility index (Phi) is 4.52. The van der Waals surface area contributed by atoms with Crippen LogP contribution in [0.2, 0.25) is 0 Å². The summed E-state index contributed by atoms with van der Waals surface area (Å²) in [5.41, 5.74) is 0.475. The summed E-state index contributed by atoms with van der Waals surface area (Å²) in [6, 6.07) is 8.64. The highest BCUT2D eigenvalue weighted by molar-refractivity contribution is 6.01. The summed E-state index contributed by atoms with van der Waals surface area (Å²) in [7, 11) is 0. The SMILES string of the molecule is CC(C)(C)NC(=O)C(c1cc(F)ccc1F)N1Cc2ccccc2C1=O. The molecule has 0 aromatic heterocycles. The third kappa shape index (κ3) is 3.45. The summed E-state index contributed by atoms with van der Waals surface area (Å²) < 4.78 is 28.2. The number of hydrogen-bond donors (Lipinski definition) is 1. The van der Waals surface area contributed by atoms with Crippen LogP contribution in [0.3, 0.4) is 0 Å². The molecule has 1 heterocycles. The second kappa shape index (κ2) is 6.52. The molecule has 0 radical (unpaired) electrons. The van der Waals surface area contributed by atoms with E-state index in [1.54, 1.807) is 45.0 Å². The van der Waals surface area contributed by atoms with Gasteiger partial charge in [0, 0.05) is 23.2 Å². The molecule has 0 bridgehead atoms. The maximum absolute atomic E-state index is 14.4. The van der Waals surface area contributed by atoms with Gasteiger partial charge in [0.25, 0.3) is 5.91 Å². The van der Waals surface area contributed by atoms with Crippen molar-refractivity contribution in [3.63, 3.8) is 0 Å². The number of nitrogens with one attached hydrogen (secondary N) is 1. The van der Waals surface area contributed by atoms with Gasteiger partial charge in [-0.3, -0.25) is 9.59 Å². The molecular formula is C20H20F2N2O2. The van der Waals surface area contributed by atoms with E-state index in [9.17, 15) is 18.4 Å². The van der Waals surface area contributed by atoms with E-state index in [0.717, 1.165) is 23.8 Å². The number of carbonyl (C=O) groups excluding carboxylic acids is 2. The smallest absolute Gasteiger partial charge is 0.255 e. The lowest BCUT2D eigenvalue weighted by atomic mass is 10.0. The number of rotatable bonds is 3. The minimum Gasteiger partial charge on any atom is -0.349 e. The zero-order chi connectivity index (χ0) is 19.1. The van der Waals surface area contributed by atoms with Crippen LogP contribution >= 0.6 is 0 Å². The molecule has 0 saturated carbocycles. The van der Waals surface area contributed by atoms with Gasteiger partial charge < -0.3 is 10.2 Å². The van der Waals surface area contributed by atoms with E-state index < -0.39 is 29.1 Å². The molecule has 6 heteroatoms. The predicted molar refractivity (Wildman–Crippen MR) is 93.3 cm³/mol. The van der Waals surface area contributed by atoms with Gasteiger partial charge in [0.05, 0.1) is 0 Å². The monoisotopic (exact) mass is 358 g/mol. The molecule has 0 saturated heterocycles. The van der Waals surface area contributed by atoms with E-state index in [-0.39, 0.29) is 18.0 Å². The fourth-order valence-electron chi connectivity index (χ4n) is 3.10. The summed E-state index contributed by atoms with van der Waals surface area (Å²) in [6.07, 6.45) is 0. The molecule has 2 aromatic carbocycles. The van der Waals surface area contributed by atoms with Gasteiger partial charge in [-0.15, -0.1) is 0 Å². The van der Waals surface area contributed by atoms with Crippen molar-refractivity contribution in [1.82, 2.24) is 10.2 Å². The number of halogens is 2. The molecule has 4 nitrogen and oxygen atoms in total. The first-order valence-corrected chi connectivity index (χ1v) is 8.33. The molecule has 0 aliphatic carbocycles. The summed E-state index contributed by atoms with van der Waals surface area (Å²) in [6.45, 7) is 5.51. The quantitative estimate of drug-likeness (QED) is 0.912. The average molecular weight is 358 g/mol. The predicted octanol–water partition coefficient (Wildman–Crippen LogP) is 3.58. The van der Waals surface area contributed by atoms with Gasteiger partial charge in [-0.25, -0.2) is 8.78 Å². The molecule has 2 amide bonds. The van der Waals surface area contributed by atoms with Crippen molar-refractivity contribution in [1.29, 1.82) is 0 Å². The van der Waals surface area contributed by atoms with Crippen LogP contribution in [-0.2, 0) is 11.3 Å². The van der Waals surface area contributed by atoms with E-state index in [1.807, 2.05) is 0 Å². The van der Waals surface area contributed by atoms with Crippen molar-refractivity contribution in [2.24, 2.45) is 0 Å². The fourth-order valence-corrected chi connectivity index (χ4v) is 3.10. The third-order valence-electron chi connectivity index (χ3n) is 4.16. The molecule has 136 valence electrons. The molecule has 1 unspecified atom stereocenters. The first kappa shape index (κ1) is 18.0. The van der Waals surface area contributed by atoms with E-state index in [2.05, 4.69) is 5.32 Å². The maximum atomic E-state index is 14.4. The number of benzene rings is 2. The lowest BCUT2D eigenvalue weighted by molar-refractivity contribution is -0.127. The Labute approximate surface area is 150 Å². The van der Waals surface area contributed by atoms with Crippen molar-refractivity contribution in [3.05, 3.63) is 70.8 Å². The number of fused-ring (bicyclic) bond motifs is 1. The molecule has 1 aliphatic rings. The normalized spacial score (nSPS) is 15.0. The lowest BCUT2D eigenvalue weighted by Crippen LogP contribution is -2.48. The van der Waals surface area contributed by atoms with Crippen LogP contribution in [0.25, 0.3) is 0 Å². The summed E-state index contributed by atoms with van der Waals surface area (Å²) >= 11 is 0. The van der Waals surface area contributed by atoms with Crippen LogP contribution in [0.1, 0.15) is 48.3 Å². The molecule has 0 spiro atoms. The molecule has 1 aliphatic heterocycles. The van der Waals surface area contributed by atoms with Crippen LogP contribution in [0.5, 0.6) is 0 Å². The highest BCUT2D eigenvalue weighted by Gasteiger charge is 2.39. The van der Waals surface area contributed by atoms with Crippen molar-refractivity contribution < 1.29 is 18.4 Å². The van der Waals surface area contributed by atoms with Gasteiger partial charge in [-0.05, 0) is 50.6 Å². The van der Waals surface area contributed by atoms with Gasteiger partial charge in [0.1, 0.15) is 17.7 Å². The second-order valence-electron chi connectivity index (χ2n) is 7.40. The Bertz CT molecular complexity index is 874. The first-order chi connectivity index (χ1) is 12.2. The Hall–Kier alpha value is -2.76. The van der Waals surface area contributed by atoms with E-state index >= 15 is 0 Å². The summed E-state index contributed by atoms with van der Waals surface area (Å²) in [4.78, 5) is 27.0. The van der Waals surface area contributed by atoms with Gasteiger partial charge in [-0.2, -0.15) is 0 Å². The zero-order valence-electron chi connectivity index (χ0n) is 14.8. The average Bonchev–Trinajstić information content (AvgIpc) is 2.87. The minimum absolute atomic E-state index is 0.159. The molecule has 2 aromatic rings. The highest BCUT2D eigenvalue weighted by Crippen LogP contribution is 2.33. The van der Waals surface area contributed by atoms with E-state index in [4.69, 9.17) is 0 Å². The second-order valence-corrected chi connectivity index (χ2v) is 7.40. The molecular weight excluding hydrogens is 338 g/mol. The number of nitrogens with zero attached hydrogens (tertiary/aromatic N) is 1. The van der Waals surface area contributed by atoms with E-state index in [1.165, 1.54) is 4.90 Å². The van der Waals surface area contributed by atoms with Gasteiger partial charge in [-0.1, -0.05) is 18.2 Å². The summed E-state index contributed by atoms with van der Waals surface area (Å²) in [5.74, 6) is -2.33. The van der Waals surface area contributed by atoms with Crippen LogP contribution in [0.4, 0.5) is 8.78 Å². The van der Waals surface area contributed by atoms with Crippen molar-refractivity contribution in [3.8, 4) is 0 Å². The largest absolute Gasteiger partial charge is 0.349 e. The molecule has 0 fully saturated rings. The topological polar surface area (TPSA) is 49.4 Å². The molecule has 1 atom stereocenters. The maximum Gasteiger partial charge on any atom is 0.255 e. The van der Waals surface area contributed by atoms with Crippen LogP contribution in [0, 0.1) is 11.6 Å². The Morgan fingerprint density at radius 2 is 1.85 bits per heavy atom. The standard InChI is InChI=1S/C20H20F2N2O2/c1-20(2,3)23-18(25)17(15-10-13(21)8-9-16(15)22)24-11-12-6-4-5-7-14(12)19(24)26/h4-10,17H,11H2,1-3H3,(H,23,25). The molecule has 1 N–H and O–H groups in total. The molecule has 3 rings (SSSR count). The van der Waals surface area contributed by atoms with Crippen LogP contribution in [-0.4, -0.2) is 22.3 Å². The van der Waals surface area contributed by atoms with Crippen LogP contribution < -0.4 is 5.32 Å². The number of amides is 2. The van der Waals surface area contributed by atoms with Crippen LogP contribution in [0.15, 0.2) is 42.5 Å².